The van der Waals surface area contributed by atoms with Crippen LogP contribution in [0.15, 0.2) is 25.3 Å². The van der Waals surface area contributed by atoms with Crippen LogP contribution in [0.2, 0.25) is 0 Å². The van der Waals surface area contributed by atoms with Crippen LogP contribution < -0.4 is 0 Å². The van der Waals surface area contributed by atoms with Gasteiger partial charge in [0.2, 0.25) is 0 Å². The van der Waals surface area contributed by atoms with Gasteiger partial charge in [-0.3, -0.25) is 0 Å². The normalized spacial score (nSPS) is 11.1. The highest BCUT2D eigenvalue weighted by molar-refractivity contribution is 5.07. The Kier molecular flexibility index (Phi) is 7.42. The zero-order valence-corrected chi connectivity index (χ0v) is 7.42. The predicted octanol–water partition coefficient (Wildman–Crippen LogP) is 2.28. The van der Waals surface area contributed by atoms with Crippen LogP contribution in [0.5, 0.6) is 0 Å². The number of rotatable bonds is 5. The summed E-state index contributed by atoms with van der Waals surface area (Å²) in [6.07, 6.45) is 6.38. The molecule has 1 atom stereocenters. The molecule has 0 amide bonds. The maximum atomic E-state index is 9.26. The number of hydrogen-bond donors (Lipinski definition) is 1. The van der Waals surface area contributed by atoms with E-state index in [1.165, 1.54) is 0 Å². The molecule has 0 rings (SSSR count). The fourth-order valence-corrected chi connectivity index (χ4v) is 0.777. The molecule has 0 aliphatic heterocycles. The molecule has 1 heteroatoms. The lowest BCUT2D eigenvalue weighted by molar-refractivity contribution is 0.219. The standard InChI is InChI=1S/C11H16O/c1-3-5-7-9-11(12)10-8-6-4-2/h3-4,11-12H,1-2,5-7,9H2. The molecule has 0 aliphatic rings. The Morgan fingerprint density at radius 2 is 2.08 bits per heavy atom. The molecule has 0 bridgehead atoms. The highest BCUT2D eigenvalue weighted by atomic mass is 16.3. The summed E-state index contributed by atoms with van der Waals surface area (Å²) in [6.45, 7) is 7.14. The van der Waals surface area contributed by atoms with Gasteiger partial charge in [0.05, 0.1) is 0 Å². The molecular weight excluding hydrogens is 148 g/mol. The lowest BCUT2D eigenvalue weighted by Crippen LogP contribution is -2.01. The van der Waals surface area contributed by atoms with Gasteiger partial charge in [0.1, 0.15) is 6.10 Å². The third kappa shape index (κ3) is 7.11. The van der Waals surface area contributed by atoms with Crippen molar-refractivity contribution in [1.82, 2.24) is 0 Å². The first-order valence-corrected chi connectivity index (χ1v) is 4.19. The van der Waals surface area contributed by atoms with Crippen LogP contribution in [0.25, 0.3) is 0 Å². The first kappa shape index (κ1) is 11.0. The van der Waals surface area contributed by atoms with Crippen molar-refractivity contribution >= 4 is 0 Å². The number of aliphatic hydroxyl groups excluding tert-OH is 1. The van der Waals surface area contributed by atoms with Crippen molar-refractivity contribution in [3.63, 3.8) is 0 Å². The Hall–Kier alpha value is -1.00. The summed E-state index contributed by atoms with van der Waals surface area (Å²) in [5, 5.41) is 9.26. The second-order valence-electron chi connectivity index (χ2n) is 2.55. The van der Waals surface area contributed by atoms with E-state index in [1.807, 2.05) is 6.08 Å². The summed E-state index contributed by atoms with van der Waals surface area (Å²) in [5.41, 5.74) is 0. The van der Waals surface area contributed by atoms with Crippen molar-refractivity contribution in [3.8, 4) is 11.8 Å². The van der Waals surface area contributed by atoms with Gasteiger partial charge in [0.25, 0.3) is 0 Å². The molecule has 0 aromatic rings. The number of aliphatic hydroxyl groups is 1. The van der Waals surface area contributed by atoms with E-state index >= 15 is 0 Å². The van der Waals surface area contributed by atoms with Crippen LogP contribution in [-0.4, -0.2) is 11.2 Å². The number of allylic oxidation sites excluding steroid dienone is 2. The quantitative estimate of drug-likeness (QED) is 0.375. The van der Waals surface area contributed by atoms with Crippen molar-refractivity contribution in [2.24, 2.45) is 0 Å². The first-order chi connectivity index (χ1) is 5.81. The van der Waals surface area contributed by atoms with Crippen molar-refractivity contribution in [1.29, 1.82) is 0 Å². The first-order valence-electron chi connectivity index (χ1n) is 4.19. The summed E-state index contributed by atoms with van der Waals surface area (Å²) in [5.74, 6) is 5.56. The second-order valence-corrected chi connectivity index (χ2v) is 2.55. The Morgan fingerprint density at radius 3 is 2.67 bits per heavy atom. The molecule has 1 unspecified atom stereocenters. The van der Waals surface area contributed by atoms with Crippen molar-refractivity contribution in [2.45, 2.75) is 31.8 Å². The van der Waals surface area contributed by atoms with Crippen molar-refractivity contribution < 1.29 is 5.11 Å². The van der Waals surface area contributed by atoms with Gasteiger partial charge in [-0.05, 0) is 19.3 Å². The van der Waals surface area contributed by atoms with Gasteiger partial charge in [-0.2, -0.15) is 0 Å². The summed E-state index contributed by atoms with van der Waals surface area (Å²) in [7, 11) is 0. The van der Waals surface area contributed by atoms with E-state index in [4.69, 9.17) is 0 Å². The summed E-state index contributed by atoms with van der Waals surface area (Å²) in [6, 6.07) is 0. The average Bonchev–Trinajstić information content (AvgIpc) is 2.06. The van der Waals surface area contributed by atoms with E-state index in [9.17, 15) is 5.11 Å². The van der Waals surface area contributed by atoms with Crippen LogP contribution in [-0.2, 0) is 0 Å². The highest BCUT2D eigenvalue weighted by Crippen LogP contribution is 1.99. The minimum atomic E-state index is -0.482. The Morgan fingerprint density at radius 1 is 1.33 bits per heavy atom. The van der Waals surface area contributed by atoms with E-state index < -0.39 is 6.10 Å². The Balaban J connectivity index is 3.45. The van der Waals surface area contributed by atoms with Gasteiger partial charge < -0.3 is 5.11 Å². The zero-order chi connectivity index (χ0) is 9.23. The highest BCUT2D eigenvalue weighted by Gasteiger charge is 1.95. The van der Waals surface area contributed by atoms with Gasteiger partial charge in [-0.25, -0.2) is 0 Å². The summed E-state index contributed by atoms with van der Waals surface area (Å²) in [4.78, 5) is 0. The maximum absolute atomic E-state index is 9.26. The van der Waals surface area contributed by atoms with Crippen LogP contribution in [0.4, 0.5) is 0 Å². The minimum absolute atomic E-state index is 0.482. The van der Waals surface area contributed by atoms with Crippen LogP contribution in [0.1, 0.15) is 25.7 Å². The number of hydrogen-bond acceptors (Lipinski definition) is 1. The molecule has 1 nitrogen and oxygen atoms in total. The van der Waals surface area contributed by atoms with E-state index in [0.717, 1.165) is 19.3 Å². The largest absolute Gasteiger partial charge is 0.380 e. The summed E-state index contributed by atoms with van der Waals surface area (Å²) >= 11 is 0. The third-order valence-electron chi connectivity index (χ3n) is 1.40. The van der Waals surface area contributed by atoms with Gasteiger partial charge in [-0.1, -0.05) is 24.0 Å². The van der Waals surface area contributed by atoms with Gasteiger partial charge in [0.15, 0.2) is 0 Å². The lowest BCUT2D eigenvalue weighted by atomic mass is 10.1. The monoisotopic (exact) mass is 164 g/mol. The van der Waals surface area contributed by atoms with Gasteiger partial charge in [-0.15, -0.1) is 13.2 Å². The molecule has 66 valence electrons. The molecule has 0 spiro atoms. The maximum Gasteiger partial charge on any atom is 0.114 e. The lowest BCUT2D eigenvalue weighted by Gasteiger charge is -1.99. The molecule has 0 saturated carbocycles. The molecule has 12 heavy (non-hydrogen) atoms. The fourth-order valence-electron chi connectivity index (χ4n) is 0.777. The van der Waals surface area contributed by atoms with Crippen LogP contribution >= 0.6 is 0 Å². The molecule has 0 aliphatic carbocycles. The minimum Gasteiger partial charge on any atom is -0.380 e. The third-order valence-corrected chi connectivity index (χ3v) is 1.40. The zero-order valence-electron chi connectivity index (χ0n) is 7.42. The SMILES string of the molecule is C=CCC#CC(O)CCCC=C. The Labute approximate surface area is 74.8 Å². The predicted molar refractivity (Wildman–Crippen MR) is 52.6 cm³/mol. The van der Waals surface area contributed by atoms with Crippen LogP contribution in [0.3, 0.4) is 0 Å². The number of unbranched alkanes of at least 4 members (excludes halogenated alkanes) is 1. The van der Waals surface area contributed by atoms with E-state index in [0.29, 0.717) is 6.42 Å². The van der Waals surface area contributed by atoms with Crippen LogP contribution in [0, 0.1) is 11.8 Å². The van der Waals surface area contributed by atoms with E-state index in [2.05, 4.69) is 25.0 Å². The van der Waals surface area contributed by atoms with Gasteiger partial charge >= 0.3 is 0 Å². The van der Waals surface area contributed by atoms with Gasteiger partial charge in [0, 0.05) is 6.42 Å². The smallest absolute Gasteiger partial charge is 0.114 e. The second kappa shape index (κ2) is 8.10. The molecule has 0 radical (unpaired) electrons. The van der Waals surface area contributed by atoms with Crippen molar-refractivity contribution in [3.05, 3.63) is 25.3 Å². The Bertz CT molecular complexity index is 183. The summed E-state index contributed by atoms with van der Waals surface area (Å²) < 4.78 is 0. The fraction of sp³-hybridized carbons (Fsp3) is 0.455. The van der Waals surface area contributed by atoms with E-state index in [1.54, 1.807) is 6.08 Å². The topological polar surface area (TPSA) is 20.2 Å². The van der Waals surface area contributed by atoms with E-state index in [-0.39, 0.29) is 0 Å². The molecule has 1 N–H and O–H groups in total. The van der Waals surface area contributed by atoms with Crippen molar-refractivity contribution in [2.75, 3.05) is 0 Å². The molecular formula is C11H16O. The average molecular weight is 164 g/mol. The molecule has 0 fully saturated rings. The molecule has 0 aromatic heterocycles. The molecule has 0 saturated heterocycles. The molecule has 0 heterocycles. The molecule has 0 aromatic carbocycles.